The number of nitrogens with zero attached hydrogens (tertiary/aromatic N) is 1. The van der Waals surface area contributed by atoms with Crippen molar-refractivity contribution in [3.63, 3.8) is 0 Å². The van der Waals surface area contributed by atoms with Crippen LogP contribution in [0.1, 0.15) is 17.5 Å². The van der Waals surface area contributed by atoms with Gasteiger partial charge in [-0.05, 0) is 17.5 Å². The van der Waals surface area contributed by atoms with E-state index in [1.807, 2.05) is 0 Å². The number of sulfonamides is 1. The van der Waals surface area contributed by atoms with Gasteiger partial charge >= 0.3 is 0 Å². The zero-order valence-corrected chi connectivity index (χ0v) is 13.2. The minimum Gasteiger partial charge on any atom is -0.392 e. The van der Waals surface area contributed by atoms with Crippen LogP contribution in [0, 0.1) is 0 Å². The first-order valence-electron chi connectivity index (χ1n) is 6.69. The maximum atomic E-state index is 12.4. The number of aliphatic hydroxyl groups excluding tert-OH is 1. The molecule has 0 aromatic heterocycles. The van der Waals surface area contributed by atoms with E-state index in [2.05, 4.69) is 0 Å². The molecule has 1 fully saturated rings. The summed E-state index contributed by atoms with van der Waals surface area (Å²) in [4.78, 5) is 0. The van der Waals surface area contributed by atoms with Crippen molar-refractivity contribution in [1.29, 1.82) is 0 Å². The maximum Gasteiger partial charge on any atom is 0.218 e. The van der Waals surface area contributed by atoms with Gasteiger partial charge < -0.3 is 5.11 Å². The maximum absolute atomic E-state index is 12.4. The molecule has 0 radical (unpaired) electrons. The molecular weight excluding hydrogens is 314 g/mol. The van der Waals surface area contributed by atoms with Crippen molar-refractivity contribution in [1.82, 2.24) is 4.31 Å². The monoisotopic (exact) mass is 333 g/mol. The third kappa shape index (κ3) is 4.50. The van der Waals surface area contributed by atoms with E-state index in [0.717, 1.165) is 0 Å². The average molecular weight is 333 g/mol. The summed E-state index contributed by atoms with van der Waals surface area (Å²) in [6.45, 7) is 0.113. The number of benzene rings is 1. The molecule has 8 heteroatoms. The number of rotatable bonds is 4. The molecule has 6 nitrogen and oxygen atoms in total. The molecule has 118 valence electrons. The molecule has 2 rings (SSSR count). The SMILES string of the molecule is O=S1(=O)CCCN(S(=O)(=O)Cc2cccc(CO)c2)CC1. The summed E-state index contributed by atoms with van der Waals surface area (Å²) in [7, 11) is -6.68. The highest BCUT2D eigenvalue weighted by Gasteiger charge is 2.27. The number of hydrogen-bond acceptors (Lipinski definition) is 5. The smallest absolute Gasteiger partial charge is 0.218 e. The van der Waals surface area contributed by atoms with E-state index >= 15 is 0 Å². The molecule has 1 aliphatic rings. The van der Waals surface area contributed by atoms with Crippen LogP contribution in [0.5, 0.6) is 0 Å². The Morgan fingerprint density at radius 1 is 1.14 bits per heavy atom. The van der Waals surface area contributed by atoms with Crippen molar-refractivity contribution in [2.24, 2.45) is 0 Å². The molecule has 0 bridgehead atoms. The van der Waals surface area contributed by atoms with Crippen molar-refractivity contribution < 1.29 is 21.9 Å². The van der Waals surface area contributed by atoms with Crippen molar-refractivity contribution >= 4 is 19.9 Å². The van der Waals surface area contributed by atoms with E-state index in [9.17, 15) is 16.8 Å². The summed E-state index contributed by atoms with van der Waals surface area (Å²) in [5.41, 5.74) is 1.25. The lowest BCUT2D eigenvalue weighted by molar-refractivity contribution is 0.281. The van der Waals surface area contributed by atoms with Crippen LogP contribution in [0.2, 0.25) is 0 Å². The van der Waals surface area contributed by atoms with Crippen LogP contribution in [0.4, 0.5) is 0 Å². The molecule has 1 N–H and O–H groups in total. The van der Waals surface area contributed by atoms with Crippen LogP contribution in [0.25, 0.3) is 0 Å². The number of hydrogen-bond donors (Lipinski definition) is 1. The van der Waals surface area contributed by atoms with Gasteiger partial charge in [-0.3, -0.25) is 0 Å². The Kier molecular flexibility index (Phi) is 5.03. The minimum absolute atomic E-state index is 0.0182. The summed E-state index contributed by atoms with van der Waals surface area (Å²) < 4.78 is 49.1. The standard InChI is InChI=1S/C13H19NO5S2/c15-10-12-3-1-4-13(9-12)11-21(18,19)14-5-2-7-20(16,17)8-6-14/h1,3-4,9,15H,2,5-8,10-11H2. The highest BCUT2D eigenvalue weighted by atomic mass is 32.2. The fraction of sp³-hybridized carbons (Fsp3) is 0.538. The third-order valence-corrected chi connectivity index (χ3v) is 7.00. The van der Waals surface area contributed by atoms with Gasteiger partial charge in [0.05, 0.1) is 23.9 Å². The Balaban J connectivity index is 2.14. The first kappa shape index (κ1) is 16.4. The van der Waals surface area contributed by atoms with Gasteiger partial charge in [0.1, 0.15) is 0 Å². The number of aliphatic hydroxyl groups is 1. The van der Waals surface area contributed by atoms with E-state index < -0.39 is 19.9 Å². The molecular formula is C13H19NO5S2. The molecule has 0 aliphatic carbocycles. The molecule has 0 atom stereocenters. The fourth-order valence-electron chi connectivity index (χ4n) is 2.31. The average Bonchev–Trinajstić information content (AvgIpc) is 2.60. The van der Waals surface area contributed by atoms with E-state index in [-0.39, 0.29) is 37.0 Å². The molecule has 1 aromatic carbocycles. The van der Waals surface area contributed by atoms with Gasteiger partial charge in [0.15, 0.2) is 9.84 Å². The predicted molar refractivity (Wildman–Crippen MR) is 79.8 cm³/mol. The lowest BCUT2D eigenvalue weighted by Gasteiger charge is -2.19. The Bertz CT molecular complexity index is 697. The van der Waals surface area contributed by atoms with Crippen molar-refractivity contribution in [2.75, 3.05) is 24.6 Å². The minimum atomic E-state index is -3.55. The van der Waals surface area contributed by atoms with Crippen LogP contribution in [0.15, 0.2) is 24.3 Å². The van der Waals surface area contributed by atoms with E-state index in [4.69, 9.17) is 5.11 Å². The van der Waals surface area contributed by atoms with E-state index in [1.54, 1.807) is 24.3 Å². The lowest BCUT2D eigenvalue weighted by Crippen LogP contribution is -2.34. The quantitative estimate of drug-likeness (QED) is 0.845. The first-order chi connectivity index (χ1) is 9.82. The van der Waals surface area contributed by atoms with Crippen LogP contribution in [0.3, 0.4) is 0 Å². The molecule has 0 amide bonds. The van der Waals surface area contributed by atoms with Gasteiger partial charge in [0, 0.05) is 13.1 Å². The molecule has 0 saturated carbocycles. The number of sulfone groups is 1. The molecule has 1 aliphatic heterocycles. The highest BCUT2D eigenvalue weighted by molar-refractivity contribution is 7.91. The Hall–Kier alpha value is -0.960. The molecule has 21 heavy (non-hydrogen) atoms. The van der Waals surface area contributed by atoms with Crippen molar-refractivity contribution in [2.45, 2.75) is 18.8 Å². The molecule has 1 aromatic rings. The summed E-state index contributed by atoms with van der Waals surface area (Å²) in [6, 6.07) is 6.75. The second-order valence-electron chi connectivity index (χ2n) is 5.14. The summed E-state index contributed by atoms with van der Waals surface area (Å²) >= 11 is 0. The van der Waals surface area contributed by atoms with Gasteiger partial charge in [-0.25, -0.2) is 21.1 Å². The first-order valence-corrected chi connectivity index (χ1v) is 10.1. The van der Waals surface area contributed by atoms with E-state index in [1.165, 1.54) is 4.31 Å². The molecule has 0 unspecified atom stereocenters. The third-order valence-electron chi connectivity index (χ3n) is 3.43. The van der Waals surface area contributed by atoms with Crippen LogP contribution < -0.4 is 0 Å². The Morgan fingerprint density at radius 2 is 1.86 bits per heavy atom. The fourth-order valence-corrected chi connectivity index (χ4v) is 5.26. The molecule has 0 spiro atoms. The topological polar surface area (TPSA) is 91.8 Å². The largest absolute Gasteiger partial charge is 0.392 e. The zero-order chi connectivity index (χ0) is 15.5. The van der Waals surface area contributed by atoms with Gasteiger partial charge in [-0.2, -0.15) is 0 Å². The normalized spacial score (nSPS) is 20.0. The predicted octanol–water partition coefficient (Wildman–Crippen LogP) is 0.129. The molecule has 1 saturated heterocycles. The van der Waals surface area contributed by atoms with Crippen LogP contribution in [-0.2, 0) is 32.2 Å². The van der Waals surface area contributed by atoms with Crippen LogP contribution in [-0.4, -0.2) is 50.8 Å². The zero-order valence-electron chi connectivity index (χ0n) is 11.6. The van der Waals surface area contributed by atoms with Gasteiger partial charge in [0.25, 0.3) is 0 Å². The lowest BCUT2D eigenvalue weighted by atomic mass is 10.1. The Labute approximate surface area is 125 Å². The molecule has 1 heterocycles. The highest BCUT2D eigenvalue weighted by Crippen LogP contribution is 2.15. The summed E-state index contributed by atoms with van der Waals surface area (Å²) in [5.74, 6) is -0.261. The van der Waals surface area contributed by atoms with Gasteiger partial charge in [-0.15, -0.1) is 0 Å². The van der Waals surface area contributed by atoms with Crippen molar-refractivity contribution in [3.8, 4) is 0 Å². The van der Waals surface area contributed by atoms with Crippen LogP contribution >= 0.6 is 0 Å². The van der Waals surface area contributed by atoms with Gasteiger partial charge in [-0.1, -0.05) is 24.3 Å². The van der Waals surface area contributed by atoms with Gasteiger partial charge in [0.2, 0.25) is 10.0 Å². The van der Waals surface area contributed by atoms with E-state index in [0.29, 0.717) is 17.5 Å². The second-order valence-corrected chi connectivity index (χ2v) is 9.41. The Morgan fingerprint density at radius 3 is 2.57 bits per heavy atom. The summed E-state index contributed by atoms with van der Waals surface area (Å²) in [6.07, 6.45) is 0.332. The van der Waals surface area contributed by atoms with Crippen molar-refractivity contribution in [3.05, 3.63) is 35.4 Å². The second kappa shape index (κ2) is 6.43. The summed E-state index contributed by atoms with van der Waals surface area (Å²) in [5, 5.41) is 9.08.